The normalized spacial score (nSPS) is 15.8. The van der Waals surface area contributed by atoms with Gasteiger partial charge >= 0.3 is 0 Å². The highest BCUT2D eigenvalue weighted by Gasteiger charge is 2.34. The molecule has 2 aliphatic rings. The quantitative estimate of drug-likeness (QED) is 0.444. The molecule has 0 spiro atoms. The largest absolute Gasteiger partial charge is 0.497 e. The minimum Gasteiger partial charge on any atom is -0.497 e. The van der Waals surface area contributed by atoms with Gasteiger partial charge in [0.15, 0.2) is 5.16 Å². The fraction of sp³-hybridized carbons (Fsp3) is 0.435. The Kier molecular flexibility index (Phi) is 5.72. The summed E-state index contributed by atoms with van der Waals surface area (Å²) >= 11 is 1.47. The number of rotatable bonds is 10. The molecule has 2 aromatic heterocycles. The molecule has 2 aliphatic carbocycles. The zero-order valence-corrected chi connectivity index (χ0v) is 18.4. The van der Waals surface area contributed by atoms with Crippen molar-refractivity contribution in [3.05, 3.63) is 59.8 Å². The summed E-state index contributed by atoms with van der Waals surface area (Å²) in [5.41, 5.74) is 1.11. The summed E-state index contributed by atoms with van der Waals surface area (Å²) in [4.78, 5) is 15.1. The van der Waals surface area contributed by atoms with Crippen LogP contribution >= 0.6 is 11.8 Å². The van der Waals surface area contributed by atoms with Gasteiger partial charge in [-0.25, -0.2) is 0 Å². The highest BCUT2D eigenvalue weighted by molar-refractivity contribution is 7.99. The summed E-state index contributed by atoms with van der Waals surface area (Å²) in [5.74, 6) is 3.67. The molecule has 0 radical (unpaired) electrons. The van der Waals surface area contributed by atoms with E-state index in [2.05, 4.69) is 14.8 Å². The number of aromatic nitrogens is 3. The van der Waals surface area contributed by atoms with Gasteiger partial charge in [-0.15, -0.1) is 10.2 Å². The summed E-state index contributed by atoms with van der Waals surface area (Å²) in [5, 5.41) is 9.61. The van der Waals surface area contributed by atoms with Crippen LogP contribution in [0.3, 0.4) is 0 Å². The van der Waals surface area contributed by atoms with E-state index in [0.717, 1.165) is 53.7 Å². The van der Waals surface area contributed by atoms with Crippen molar-refractivity contribution < 1.29 is 13.9 Å². The lowest BCUT2D eigenvalue weighted by atomic mass is 10.2. The van der Waals surface area contributed by atoms with Crippen LogP contribution < -0.4 is 4.74 Å². The second-order valence-corrected chi connectivity index (χ2v) is 9.11. The van der Waals surface area contributed by atoms with Crippen molar-refractivity contribution in [1.82, 2.24) is 19.7 Å². The van der Waals surface area contributed by atoms with Crippen LogP contribution in [0.4, 0.5) is 0 Å². The molecule has 0 N–H and O–H groups in total. The van der Waals surface area contributed by atoms with E-state index in [4.69, 9.17) is 9.15 Å². The van der Waals surface area contributed by atoms with E-state index >= 15 is 0 Å². The minimum absolute atomic E-state index is 0.142. The Morgan fingerprint density at radius 2 is 2.00 bits per heavy atom. The van der Waals surface area contributed by atoms with Crippen LogP contribution in [0.2, 0.25) is 0 Å². The first-order chi connectivity index (χ1) is 15.2. The molecule has 1 aromatic carbocycles. The molecule has 2 heterocycles. The minimum atomic E-state index is 0.142. The van der Waals surface area contributed by atoms with Gasteiger partial charge in [-0.05, 0) is 55.5 Å². The van der Waals surface area contributed by atoms with Crippen LogP contribution in [0.15, 0.2) is 52.2 Å². The third kappa shape index (κ3) is 4.79. The van der Waals surface area contributed by atoms with Gasteiger partial charge in [0.05, 0.1) is 25.7 Å². The lowest BCUT2D eigenvalue weighted by Crippen LogP contribution is -2.34. The summed E-state index contributed by atoms with van der Waals surface area (Å²) in [7, 11) is 1.66. The van der Waals surface area contributed by atoms with Crippen molar-refractivity contribution in [2.75, 3.05) is 12.9 Å². The number of furan rings is 1. The number of hydrogen-bond acceptors (Lipinski definition) is 6. The van der Waals surface area contributed by atoms with Crippen molar-refractivity contribution in [1.29, 1.82) is 0 Å². The maximum atomic E-state index is 13.1. The molecule has 0 unspecified atom stereocenters. The molecule has 1 amide bonds. The van der Waals surface area contributed by atoms with Crippen LogP contribution in [0, 0.1) is 0 Å². The number of ether oxygens (including phenoxy) is 1. The number of nitrogens with zero attached hydrogens (tertiary/aromatic N) is 4. The lowest BCUT2D eigenvalue weighted by Gasteiger charge is -2.22. The molecule has 162 valence electrons. The average Bonchev–Trinajstić information content (AvgIpc) is 3.73. The van der Waals surface area contributed by atoms with Gasteiger partial charge in [0, 0.05) is 18.5 Å². The standard InChI is InChI=1S/C23H26N4O3S/c1-29-19-10-4-16(5-11-19)13-26(18-8-9-18)21(28)15-31-23-25-24-22(17-6-7-17)27(23)14-20-3-2-12-30-20/h2-5,10-12,17-18H,6-9,13-15H2,1H3. The Labute approximate surface area is 185 Å². The van der Waals surface area contributed by atoms with E-state index in [-0.39, 0.29) is 5.91 Å². The van der Waals surface area contributed by atoms with E-state index in [0.29, 0.717) is 30.8 Å². The first-order valence-electron chi connectivity index (χ1n) is 10.7. The predicted octanol–water partition coefficient (Wildman–Crippen LogP) is 4.09. The molecule has 7 nitrogen and oxygen atoms in total. The first-order valence-corrected chi connectivity index (χ1v) is 11.7. The van der Waals surface area contributed by atoms with Crippen molar-refractivity contribution in [3.8, 4) is 5.75 Å². The predicted molar refractivity (Wildman–Crippen MR) is 117 cm³/mol. The second kappa shape index (κ2) is 8.78. The summed E-state index contributed by atoms with van der Waals surface area (Å²) in [6.45, 7) is 1.22. The first kappa shape index (κ1) is 20.2. The van der Waals surface area contributed by atoms with Crippen LogP contribution in [-0.2, 0) is 17.9 Å². The van der Waals surface area contributed by atoms with Gasteiger partial charge < -0.3 is 14.1 Å². The van der Waals surface area contributed by atoms with Gasteiger partial charge in [-0.1, -0.05) is 23.9 Å². The third-order valence-corrected chi connectivity index (χ3v) is 6.68. The molecule has 0 bridgehead atoms. The number of methoxy groups -OCH3 is 1. The zero-order valence-electron chi connectivity index (χ0n) is 17.6. The fourth-order valence-electron chi connectivity index (χ4n) is 3.70. The van der Waals surface area contributed by atoms with E-state index in [1.54, 1.807) is 13.4 Å². The molecule has 8 heteroatoms. The number of benzene rings is 1. The second-order valence-electron chi connectivity index (χ2n) is 8.17. The SMILES string of the molecule is COc1ccc(CN(C(=O)CSc2nnc(C3CC3)n2Cc2ccco2)C2CC2)cc1. The maximum Gasteiger partial charge on any atom is 0.233 e. The summed E-state index contributed by atoms with van der Waals surface area (Å²) in [6, 6.07) is 12.1. The van der Waals surface area contributed by atoms with Crippen molar-refractivity contribution in [2.24, 2.45) is 0 Å². The third-order valence-electron chi connectivity index (χ3n) is 5.73. The van der Waals surface area contributed by atoms with E-state index in [1.165, 1.54) is 11.8 Å². The van der Waals surface area contributed by atoms with Crippen molar-refractivity contribution >= 4 is 17.7 Å². The van der Waals surface area contributed by atoms with Crippen molar-refractivity contribution in [2.45, 2.75) is 55.9 Å². The highest BCUT2D eigenvalue weighted by atomic mass is 32.2. The molecule has 0 atom stereocenters. The molecule has 0 aliphatic heterocycles. The van der Waals surface area contributed by atoms with Crippen LogP contribution in [0.25, 0.3) is 0 Å². The molecule has 31 heavy (non-hydrogen) atoms. The van der Waals surface area contributed by atoms with Gasteiger partial charge in [0.1, 0.15) is 17.3 Å². The molecule has 5 rings (SSSR count). The summed E-state index contributed by atoms with van der Waals surface area (Å²) < 4.78 is 12.9. The lowest BCUT2D eigenvalue weighted by molar-refractivity contribution is -0.129. The van der Waals surface area contributed by atoms with E-state index in [9.17, 15) is 4.79 Å². The Bertz CT molecular complexity index is 1020. The molecule has 2 saturated carbocycles. The Hall–Kier alpha value is -2.74. The fourth-order valence-corrected chi connectivity index (χ4v) is 4.53. The number of carbonyl (C=O) groups excluding carboxylic acids is 1. The summed E-state index contributed by atoms with van der Waals surface area (Å²) in [6.07, 6.45) is 6.13. The Balaban J connectivity index is 1.26. The molecular weight excluding hydrogens is 412 g/mol. The van der Waals surface area contributed by atoms with Gasteiger partial charge in [0.25, 0.3) is 0 Å². The van der Waals surface area contributed by atoms with Crippen molar-refractivity contribution in [3.63, 3.8) is 0 Å². The monoisotopic (exact) mass is 438 g/mol. The zero-order chi connectivity index (χ0) is 21.2. The van der Waals surface area contributed by atoms with Gasteiger partial charge in [-0.3, -0.25) is 9.36 Å². The van der Waals surface area contributed by atoms with Crippen LogP contribution in [0.1, 0.15) is 48.7 Å². The number of thioether (sulfide) groups is 1. The topological polar surface area (TPSA) is 73.4 Å². The number of amides is 1. The van der Waals surface area contributed by atoms with Crippen LogP contribution in [-0.4, -0.2) is 44.5 Å². The van der Waals surface area contributed by atoms with E-state index < -0.39 is 0 Å². The smallest absolute Gasteiger partial charge is 0.233 e. The number of carbonyl (C=O) groups is 1. The molecule has 0 saturated heterocycles. The van der Waals surface area contributed by atoms with Crippen LogP contribution in [0.5, 0.6) is 5.75 Å². The average molecular weight is 439 g/mol. The Morgan fingerprint density at radius 1 is 1.19 bits per heavy atom. The Morgan fingerprint density at radius 3 is 2.65 bits per heavy atom. The maximum absolute atomic E-state index is 13.1. The van der Waals surface area contributed by atoms with E-state index in [1.807, 2.05) is 41.3 Å². The van der Waals surface area contributed by atoms with Gasteiger partial charge in [-0.2, -0.15) is 0 Å². The molecule has 2 fully saturated rings. The molecular formula is C23H26N4O3S. The van der Waals surface area contributed by atoms with Gasteiger partial charge in [0.2, 0.25) is 5.91 Å². The molecule has 3 aromatic rings. The number of hydrogen-bond donors (Lipinski definition) is 0. The highest BCUT2D eigenvalue weighted by Crippen LogP contribution is 2.40.